The number of nitrogens with zero attached hydrogens (tertiary/aromatic N) is 3. The topological polar surface area (TPSA) is 110 Å². The molecule has 0 saturated carbocycles. The zero-order valence-corrected chi connectivity index (χ0v) is 11.2. The van der Waals surface area contributed by atoms with Gasteiger partial charge in [-0.2, -0.15) is 0 Å². The van der Waals surface area contributed by atoms with Crippen molar-refractivity contribution in [2.24, 2.45) is 7.05 Å². The molecule has 0 radical (unpaired) electrons. The minimum atomic E-state index is -3.72. The van der Waals surface area contributed by atoms with Crippen LogP contribution in [0.15, 0.2) is 34.3 Å². The minimum absolute atomic E-state index is 0.0129. The number of rotatable bonds is 4. The highest BCUT2D eigenvalue weighted by molar-refractivity contribution is 7.89. The molecule has 102 valence electrons. The lowest BCUT2D eigenvalue weighted by Gasteiger charge is -2.13. The van der Waals surface area contributed by atoms with Crippen LogP contribution in [-0.2, 0) is 17.1 Å². The molecule has 0 fully saturated rings. The summed E-state index contributed by atoms with van der Waals surface area (Å²) in [7, 11) is -2.00. The second-order valence-corrected chi connectivity index (χ2v) is 5.75. The van der Waals surface area contributed by atoms with Gasteiger partial charge in [-0.15, -0.1) is 10.2 Å². The summed E-state index contributed by atoms with van der Waals surface area (Å²) >= 11 is 0. The molecule has 0 bridgehead atoms. The Labute approximate surface area is 109 Å². The van der Waals surface area contributed by atoms with E-state index in [1.165, 1.54) is 12.4 Å². The molecule has 2 aromatic rings. The summed E-state index contributed by atoms with van der Waals surface area (Å²) in [6, 6.07) is 1.86. The number of sulfonamides is 1. The van der Waals surface area contributed by atoms with Crippen LogP contribution in [0.3, 0.4) is 0 Å². The Morgan fingerprint density at radius 1 is 1.42 bits per heavy atom. The van der Waals surface area contributed by atoms with Gasteiger partial charge in [-0.1, -0.05) is 0 Å². The predicted molar refractivity (Wildman–Crippen MR) is 66.8 cm³/mol. The maximum absolute atomic E-state index is 12.1. The standard InChI is InChI=1S/C10H13N5O3S/c1-7(10-13-12-6-15(10)2)14-19(17,18)8-3-4-9(16)11-5-8/h3-7,14H,1-2H3,(H,11,16). The van der Waals surface area contributed by atoms with E-state index >= 15 is 0 Å². The maximum atomic E-state index is 12.1. The molecule has 0 aliphatic rings. The molecule has 1 unspecified atom stereocenters. The van der Waals surface area contributed by atoms with Gasteiger partial charge in [-0.05, 0) is 13.0 Å². The molecule has 0 amide bonds. The fourth-order valence-electron chi connectivity index (χ4n) is 1.60. The van der Waals surface area contributed by atoms with Gasteiger partial charge in [0.05, 0.1) is 10.9 Å². The van der Waals surface area contributed by atoms with Crippen LogP contribution in [-0.4, -0.2) is 28.2 Å². The first-order chi connectivity index (χ1) is 8.90. The summed E-state index contributed by atoms with van der Waals surface area (Å²) < 4.78 is 28.2. The number of aromatic amines is 1. The first-order valence-corrected chi connectivity index (χ1v) is 6.93. The van der Waals surface area contributed by atoms with Gasteiger partial charge < -0.3 is 9.55 Å². The van der Waals surface area contributed by atoms with Gasteiger partial charge in [0, 0.05) is 19.3 Å². The third-order valence-corrected chi connectivity index (χ3v) is 4.07. The quantitative estimate of drug-likeness (QED) is 0.789. The first kappa shape index (κ1) is 13.4. The van der Waals surface area contributed by atoms with Crippen LogP contribution in [0.2, 0.25) is 0 Å². The van der Waals surface area contributed by atoms with E-state index in [0.717, 1.165) is 12.3 Å². The van der Waals surface area contributed by atoms with E-state index < -0.39 is 16.1 Å². The zero-order valence-electron chi connectivity index (χ0n) is 10.4. The van der Waals surface area contributed by atoms with Gasteiger partial charge in [-0.3, -0.25) is 4.79 Å². The van der Waals surface area contributed by atoms with Crippen molar-refractivity contribution in [1.82, 2.24) is 24.5 Å². The molecule has 2 rings (SSSR count). The molecule has 0 saturated heterocycles. The Bertz CT molecular complexity index is 713. The van der Waals surface area contributed by atoms with Crippen molar-refractivity contribution in [2.75, 3.05) is 0 Å². The Balaban J connectivity index is 2.25. The number of aryl methyl sites for hydroxylation is 1. The van der Waals surface area contributed by atoms with Crippen molar-refractivity contribution >= 4 is 10.0 Å². The number of hydrogen-bond acceptors (Lipinski definition) is 5. The average Bonchev–Trinajstić information content (AvgIpc) is 2.75. The number of pyridine rings is 1. The van der Waals surface area contributed by atoms with E-state index in [1.807, 2.05) is 0 Å². The number of H-pyrrole nitrogens is 1. The van der Waals surface area contributed by atoms with Crippen molar-refractivity contribution < 1.29 is 8.42 Å². The second-order valence-electron chi connectivity index (χ2n) is 4.03. The van der Waals surface area contributed by atoms with E-state index in [2.05, 4.69) is 19.9 Å². The highest BCUT2D eigenvalue weighted by Gasteiger charge is 2.21. The van der Waals surface area contributed by atoms with Crippen LogP contribution in [0, 0.1) is 0 Å². The molecule has 2 N–H and O–H groups in total. The lowest BCUT2D eigenvalue weighted by molar-refractivity contribution is 0.553. The Kier molecular flexibility index (Phi) is 3.49. The smallest absolute Gasteiger partial charge is 0.247 e. The first-order valence-electron chi connectivity index (χ1n) is 5.45. The number of aromatic nitrogens is 4. The molecule has 0 aromatic carbocycles. The molecule has 2 aromatic heterocycles. The largest absolute Gasteiger partial charge is 0.328 e. The highest BCUT2D eigenvalue weighted by atomic mass is 32.2. The maximum Gasteiger partial charge on any atom is 0.247 e. The van der Waals surface area contributed by atoms with Crippen LogP contribution in [0.5, 0.6) is 0 Å². The van der Waals surface area contributed by atoms with Gasteiger partial charge in [0.15, 0.2) is 0 Å². The molecule has 9 heteroatoms. The summed E-state index contributed by atoms with van der Waals surface area (Å²) in [5.74, 6) is 0.494. The minimum Gasteiger partial charge on any atom is -0.328 e. The highest BCUT2D eigenvalue weighted by Crippen LogP contribution is 2.13. The molecule has 1 atom stereocenters. The Morgan fingerprint density at radius 3 is 2.68 bits per heavy atom. The van der Waals surface area contributed by atoms with E-state index in [4.69, 9.17) is 0 Å². The van der Waals surface area contributed by atoms with E-state index in [-0.39, 0.29) is 10.5 Å². The lowest BCUT2D eigenvalue weighted by Crippen LogP contribution is -2.29. The molecule has 0 aliphatic carbocycles. The van der Waals surface area contributed by atoms with Crippen molar-refractivity contribution in [2.45, 2.75) is 17.9 Å². The van der Waals surface area contributed by atoms with E-state index in [1.54, 1.807) is 18.5 Å². The fourth-order valence-corrected chi connectivity index (χ4v) is 2.77. The summed E-state index contributed by atoms with van der Waals surface area (Å²) in [6.45, 7) is 1.66. The van der Waals surface area contributed by atoms with Crippen LogP contribution in [0.4, 0.5) is 0 Å². The number of hydrogen-bond donors (Lipinski definition) is 2. The molecular formula is C10H13N5O3S. The monoisotopic (exact) mass is 283 g/mol. The van der Waals surface area contributed by atoms with E-state index in [9.17, 15) is 13.2 Å². The summed E-state index contributed by atoms with van der Waals surface area (Å²) in [6.07, 6.45) is 2.63. The normalized spacial score (nSPS) is 13.4. The van der Waals surface area contributed by atoms with Crippen molar-refractivity contribution in [3.63, 3.8) is 0 Å². The van der Waals surface area contributed by atoms with Crippen molar-refractivity contribution in [1.29, 1.82) is 0 Å². The molecular weight excluding hydrogens is 270 g/mol. The zero-order chi connectivity index (χ0) is 14.0. The van der Waals surface area contributed by atoms with Crippen molar-refractivity contribution in [3.8, 4) is 0 Å². The third kappa shape index (κ3) is 2.88. The van der Waals surface area contributed by atoms with Crippen LogP contribution < -0.4 is 10.3 Å². The molecule has 19 heavy (non-hydrogen) atoms. The Hall–Kier alpha value is -2.00. The second kappa shape index (κ2) is 4.94. The van der Waals surface area contributed by atoms with Crippen LogP contribution in [0.25, 0.3) is 0 Å². The molecule has 0 aliphatic heterocycles. The summed E-state index contributed by atoms with van der Waals surface area (Å²) in [4.78, 5) is 13.2. The molecule has 2 heterocycles. The van der Waals surface area contributed by atoms with Crippen molar-refractivity contribution in [3.05, 3.63) is 40.8 Å². The summed E-state index contributed by atoms with van der Waals surface area (Å²) in [5.41, 5.74) is -0.361. The van der Waals surface area contributed by atoms with Gasteiger partial charge in [0.2, 0.25) is 15.6 Å². The number of nitrogens with one attached hydrogen (secondary N) is 2. The molecule has 8 nitrogen and oxygen atoms in total. The third-order valence-electron chi connectivity index (χ3n) is 2.53. The summed E-state index contributed by atoms with van der Waals surface area (Å²) in [5, 5.41) is 7.52. The molecule has 0 spiro atoms. The SMILES string of the molecule is CC(NS(=O)(=O)c1ccc(=O)[nH]c1)c1nncn1C. The van der Waals surface area contributed by atoms with Gasteiger partial charge in [0.25, 0.3) is 0 Å². The Morgan fingerprint density at radius 2 is 2.16 bits per heavy atom. The van der Waals surface area contributed by atoms with Crippen LogP contribution >= 0.6 is 0 Å². The van der Waals surface area contributed by atoms with E-state index in [0.29, 0.717) is 5.82 Å². The van der Waals surface area contributed by atoms with Crippen LogP contribution in [0.1, 0.15) is 18.8 Å². The fraction of sp³-hybridized carbons (Fsp3) is 0.300. The van der Waals surface area contributed by atoms with Gasteiger partial charge in [0.1, 0.15) is 12.2 Å². The lowest BCUT2D eigenvalue weighted by atomic mass is 10.3. The van der Waals surface area contributed by atoms with Gasteiger partial charge >= 0.3 is 0 Å². The average molecular weight is 283 g/mol. The predicted octanol–water partition coefficient (Wildman–Crippen LogP) is -0.457. The van der Waals surface area contributed by atoms with Gasteiger partial charge in [-0.25, -0.2) is 13.1 Å².